The fourth-order valence-electron chi connectivity index (χ4n) is 2.50. The molecular formula is C17H35NNaO4S. The van der Waals surface area contributed by atoms with E-state index in [9.17, 15) is 13.2 Å². The Bertz CT molecular complexity index is 388. The summed E-state index contributed by atoms with van der Waals surface area (Å²) < 4.78 is 29.5. The van der Waals surface area contributed by atoms with Crippen LogP contribution in [0.3, 0.4) is 0 Å². The monoisotopic (exact) mass is 372 g/mol. The Balaban J connectivity index is 0. The average Bonchev–Trinajstić information content (AvgIpc) is 2.48. The van der Waals surface area contributed by atoms with E-state index in [4.69, 9.17) is 4.55 Å². The molecule has 0 unspecified atom stereocenters. The van der Waals surface area contributed by atoms with Crippen LogP contribution in [0, 0.1) is 0 Å². The number of Topliss-reactive ketones (excluding diaryl/α,β-unsaturated/α-hetero) is 1. The summed E-state index contributed by atoms with van der Waals surface area (Å²) in [6, 6.07) is 0. The topological polar surface area (TPSA) is 83.5 Å². The molecule has 0 saturated heterocycles. The minimum atomic E-state index is -3.93. The van der Waals surface area contributed by atoms with Crippen LogP contribution in [0.15, 0.2) is 0 Å². The van der Waals surface area contributed by atoms with Gasteiger partial charge in [0.15, 0.2) is 0 Å². The second-order valence-electron chi connectivity index (χ2n) is 6.29. The zero-order chi connectivity index (χ0) is 17.4. The molecule has 0 aromatic carbocycles. The zero-order valence-electron chi connectivity index (χ0n) is 15.7. The third-order valence-electron chi connectivity index (χ3n) is 3.92. The minimum Gasteiger partial charge on any atom is -0.309 e. The van der Waals surface area contributed by atoms with E-state index in [0.717, 1.165) is 12.8 Å². The van der Waals surface area contributed by atoms with Gasteiger partial charge in [0.1, 0.15) is 5.78 Å². The number of unbranched alkanes of at least 4 members (excludes halogenated alkanes) is 10. The second kappa shape index (κ2) is 18.3. The Morgan fingerprint density at radius 1 is 0.875 bits per heavy atom. The van der Waals surface area contributed by atoms with E-state index in [2.05, 4.69) is 12.2 Å². The third kappa shape index (κ3) is 22.5. The van der Waals surface area contributed by atoms with Crippen molar-refractivity contribution in [2.75, 3.05) is 18.8 Å². The first-order chi connectivity index (χ1) is 11.0. The van der Waals surface area contributed by atoms with E-state index in [-0.39, 0.29) is 54.2 Å². The third-order valence-corrected chi connectivity index (χ3v) is 4.64. The molecule has 1 radical (unpaired) electrons. The number of hydrogen-bond acceptors (Lipinski definition) is 4. The molecular weight excluding hydrogens is 337 g/mol. The van der Waals surface area contributed by atoms with Gasteiger partial charge in [0.05, 0.1) is 12.3 Å². The van der Waals surface area contributed by atoms with Crippen LogP contribution in [-0.2, 0) is 14.9 Å². The molecule has 0 aliphatic rings. The van der Waals surface area contributed by atoms with Gasteiger partial charge in [-0.05, 0) is 6.42 Å². The van der Waals surface area contributed by atoms with E-state index >= 15 is 0 Å². The molecule has 0 rings (SSSR count). The average molecular weight is 373 g/mol. The molecule has 0 fully saturated rings. The van der Waals surface area contributed by atoms with Crippen LogP contribution in [-0.4, -0.2) is 67.2 Å². The normalized spacial score (nSPS) is 11.2. The van der Waals surface area contributed by atoms with Crippen LogP contribution in [0.4, 0.5) is 0 Å². The summed E-state index contributed by atoms with van der Waals surface area (Å²) in [5, 5.41) is 2.74. The van der Waals surface area contributed by atoms with Gasteiger partial charge in [-0.1, -0.05) is 71.1 Å². The summed E-state index contributed by atoms with van der Waals surface area (Å²) >= 11 is 0. The van der Waals surface area contributed by atoms with Gasteiger partial charge in [-0.15, -0.1) is 0 Å². The molecule has 0 aliphatic carbocycles. The fourth-order valence-corrected chi connectivity index (χ4v) is 2.91. The number of rotatable bonds is 17. The number of carbonyl (C=O) groups is 1. The van der Waals surface area contributed by atoms with E-state index < -0.39 is 10.1 Å². The number of hydrogen-bond donors (Lipinski definition) is 2. The summed E-state index contributed by atoms with van der Waals surface area (Å²) in [5.74, 6) is -0.241. The first-order valence-corrected chi connectivity index (χ1v) is 10.7. The number of nitrogens with one attached hydrogen (secondary N) is 1. The molecule has 0 bridgehead atoms. The number of carbonyl (C=O) groups excluding carboxylic acids is 1. The first kappa shape index (κ1) is 26.8. The van der Waals surface area contributed by atoms with E-state index in [0.29, 0.717) is 6.42 Å². The standard InChI is InChI=1S/C17H35NO4S.Na/c1-2-3-4-5-6-7-8-9-10-11-12-13-17(19)16-18-14-15-23(20,21)22;/h18H,2-16H2,1H3,(H,20,21,22);. The molecule has 0 heterocycles. The summed E-state index contributed by atoms with van der Waals surface area (Å²) in [6.45, 7) is 2.54. The summed E-state index contributed by atoms with van der Waals surface area (Å²) in [5.41, 5.74) is 0. The van der Waals surface area contributed by atoms with E-state index in [1.54, 1.807) is 0 Å². The van der Waals surface area contributed by atoms with Crippen molar-refractivity contribution in [3.8, 4) is 0 Å². The molecule has 139 valence electrons. The molecule has 0 aromatic heterocycles. The molecule has 5 nitrogen and oxygen atoms in total. The van der Waals surface area contributed by atoms with Crippen molar-refractivity contribution in [3.63, 3.8) is 0 Å². The maximum atomic E-state index is 11.6. The molecule has 2 N–H and O–H groups in total. The van der Waals surface area contributed by atoms with E-state index in [1.165, 1.54) is 57.8 Å². The minimum absolute atomic E-state index is 0. The fraction of sp³-hybridized carbons (Fsp3) is 0.941. The molecule has 0 amide bonds. The van der Waals surface area contributed by atoms with Crippen molar-refractivity contribution in [3.05, 3.63) is 0 Å². The van der Waals surface area contributed by atoms with Crippen LogP contribution < -0.4 is 5.32 Å². The Morgan fingerprint density at radius 2 is 1.33 bits per heavy atom. The first-order valence-electron chi connectivity index (χ1n) is 9.13. The Labute approximate surface area is 170 Å². The van der Waals surface area contributed by atoms with Crippen molar-refractivity contribution in [1.82, 2.24) is 5.32 Å². The van der Waals surface area contributed by atoms with Gasteiger partial charge in [-0.2, -0.15) is 8.42 Å². The molecule has 0 atom stereocenters. The predicted molar refractivity (Wildman–Crippen MR) is 101 cm³/mol. The maximum Gasteiger partial charge on any atom is 0.266 e. The van der Waals surface area contributed by atoms with Gasteiger partial charge in [0, 0.05) is 42.5 Å². The Kier molecular flexibility index (Phi) is 20.4. The van der Waals surface area contributed by atoms with Gasteiger partial charge in [-0.25, -0.2) is 0 Å². The van der Waals surface area contributed by atoms with Gasteiger partial charge < -0.3 is 5.32 Å². The summed E-state index contributed by atoms with van der Waals surface area (Å²) in [4.78, 5) is 11.6. The number of ketones is 1. The van der Waals surface area contributed by atoms with Gasteiger partial charge >= 0.3 is 0 Å². The van der Waals surface area contributed by atoms with E-state index in [1.807, 2.05) is 0 Å². The maximum absolute atomic E-state index is 11.6. The van der Waals surface area contributed by atoms with Crippen LogP contribution in [0.2, 0.25) is 0 Å². The second-order valence-corrected chi connectivity index (χ2v) is 7.86. The smallest absolute Gasteiger partial charge is 0.266 e. The zero-order valence-corrected chi connectivity index (χ0v) is 18.5. The molecule has 24 heavy (non-hydrogen) atoms. The van der Waals surface area contributed by atoms with Crippen molar-refractivity contribution in [2.45, 2.75) is 84.0 Å². The van der Waals surface area contributed by atoms with Crippen LogP contribution in [0.5, 0.6) is 0 Å². The molecule has 7 heteroatoms. The van der Waals surface area contributed by atoms with Crippen LogP contribution in [0.1, 0.15) is 84.0 Å². The van der Waals surface area contributed by atoms with Gasteiger partial charge in [0.25, 0.3) is 10.1 Å². The molecule has 0 saturated carbocycles. The summed E-state index contributed by atoms with van der Waals surface area (Å²) in [7, 11) is -3.93. The Hall–Kier alpha value is 0.540. The predicted octanol–water partition coefficient (Wildman–Crippen LogP) is 3.35. The molecule has 0 aromatic rings. The molecule has 0 spiro atoms. The van der Waals surface area contributed by atoms with Crippen LogP contribution >= 0.6 is 0 Å². The molecule has 0 aliphatic heterocycles. The Morgan fingerprint density at radius 3 is 1.79 bits per heavy atom. The van der Waals surface area contributed by atoms with Crippen molar-refractivity contribution in [1.29, 1.82) is 0 Å². The SMILES string of the molecule is CCCCCCCCCCCCCC(=O)CNCCS(=O)(=O)O.[Na]. The quantitative estimate of drug-likeness (QED) is 0.232. The van der Waals surface area contributed by atoms with Crippen molar-refractivity contribution in [2.24, 2.45) is 0 Å². The van der Waals surface area contributed by atoms with Gasteiger partial charge in [0.2, 0.25) is 0 Å². The van der Waals surface area contributed by atoms with Crippen LogP contribution in [0.25, 0.3) is 0 Å². The van der Waals surface area contributed by atoms with Gasteiger partial charge in [-0.3, -0.25) is 9.35 Å². The van der Waals surface area contributed by atoms with Crippen molar-refractivity contribution >= 4 is 45.5 Å². The van der Waals surface area contributed by atoms with Crippen molar-refractivity contribution < 1.29 is 17.8 Å². The largest absolute Gasteiger partial charge is 0.309 e. The summed E-state index contributed by atoms with van der Waals surface area (Å²) in [6.07, 6.45) is 14.4.